The lowest BCUT2D eigenvalue weighted by Gasteiger charge is -2.12. The summed E-state index contributed by atoms with van der Waals surface area (Å²) in [6.07, 6.45) is 0.107. The van der Waals surface area contributed by atoms with Gasteiger partial charge in [0.15, 0.2) is 5.82 Å². The number of nitrogens with zero attached hydrogens (tertiary/aromatic N) is 1. The third-order valence-electron chi connectivity index (χ3n) is 2.71. The first-order chi connectivity index (χ1) is 10.0. The molecule has 2 aromatic rings. The summed E-state index contributed by atoms with van der Waals surface area (Å²) >= 11 is 3.09. The lowest BCUT2D eigenvalue weighted by atomic mass is 10.2. The molecule has 0 fully saturated rings. The van der Waals surface area contributed by atoms with Gasteiger partial charge in [-0.3, -0.25) is 0 Å². The van der Waals surface area contributed by atoms with Crippen molar-refractivity contribution in [2.24, 2.45) is 0 Å². The number of nitrogens with one attached hydrogen (secondary N) is 1. The van der Waals surface area contributed by atoms with E-state index in [0.717, 1.165) is 11.4 Å². The predicted octanol–water partition coefficient (Wildman–Crippen LogP) is 4.99. The number of hydrogen-bond donors (Lipinski definition) is 1. The van der Waals surface area contributed by atoms with Crippen molar-refractivity contribution in [2.45, 2.75) is 20.0 Å². The van der Waals surface area contributed by atoms with Gasteiger partial charge < -0.3 is 10.1 Å². The molecule has 0 heterocycles. The van der Waals surface area contributed by atoms with Gasteiger partial charge in [0.05, 0.1) is 21.8 Å². The van der Waals surface area contributed by atoms with Crippen molar-refractivity contribution in [3.05, 3.63) is 52.3 Å². The molecule has 21 heavy (non-hydrogen) atoms. The molecule has 0 saturated carbocycles. The van der Waals surface area contributed by atoms with E-state index in [9.17, 15) is 4.39 Å². The zero-order chi connectivity index (χ0) is 15.4. The second kappa shape index (κ2) is 6.59. The minimum Gasteiger partial charge on any atom is -0.491 e. The van der Waals surface area contributed by atoms with Crippen molar-refractivity contribution in [3.63, 3.8) is 0 Å². The Morgan fingerprint density at radius 3 is 2.43 bits per heavy atom. The maximum Gasteiger partial charge on any atom is 0.162 e. The van der Waals surface area contributed by atoms with Crippen LogP contribution in [0.4, 0.5) is 15.8 Å². The summed E-state index contributed by atoms with van der Waals surface area (Å²) in [6.45, 7) is 3.91. The fourth-order valence-corrected chi connectivity index (χ4v) is 2.21. The summed E-state index contributed by atoms with van der Waals surface area (Å²) in [4.78, 5) is 0. The Morgan fingerprint density at radius 1 is 1.19 bits per heavy atom. The van der Waals surface area contributed by atoms with E-state index in [1.165, 1.54) is 6.07 Å². The van der Waals surface area contributed by atoms with Gasteiger partial charge in [-0.05, 0) is 66.2 Å². The smallest absolute Gasteiger partial charge is 0.162 e. The molecule has 0 atom stereocenters. The van der Waals surface area contributed by atoms with E-state index in [0.29, 0.717) is 5.69 Å². The van der Waals surface area contributed by atoms with Crippen LogP contribution < -0.4 is 10.1 Å². The van der Waals surface area contributed by atoms with Crippen molar-refractivity contribution in [3.8, 4) is 11.8 Å². The second-order valence-electron chi connectivity index (χ2n) is 4.72. The number of anilines is 2. The third-order valence-corrected chi connectivity index (χ3v) is 3.48. The van der Waals surface area contributed by atoms with Crippen molar-refractivity contribution >= 4 is 27.3 Å². The standard InChI is InChI=1S/C16H14BrFN2O/c1-10(2)21-13-6-4-12(5-7-13)20-14-8-3-11(9-19)15(17)16(14)18/h3-8,10,20H,1-2H3. The second-order valence-corrected chi connectivity index (χ2v) is 5.51. The van der Waals surface area contributed by atoms with Gasteiger partial charge in [0.2, 0.25) is 0 Å². The molecular weight excluding hydrogens is 335 g/mol. The lowest BCUT2D eigenvalue weighted by Crippen LogP contribution is -2.05. The molecule has 0 aromatic heterocycles. The summed E-state index contributed by atoms with van der Waals surface area (Å²) in [5.41, 5.74) is 1.30. The maximum absolute atomic E-state index is 14.1. The van der Waals surface area contributed by atoms with E-state index in [4.69, 9.17) is 10.00 Å². The van der Waals surface area contributed by atoms with Crippen LogP contribution in [-0.2, 0) is 0 Å². The minimum atomic E-state index is -0.489. The van der Waals surface area contributed by atoms with E-state index in [-0.39, 0.29) is 16.1 Å². The van der Waals surface area contributed by atoms with Gasteiger partial charge in [0.25, 0.3) is 0 Å². The van der Waals surface area contributed by atoms with E-state index in [2.05, 4.69) is 21.2 Å². The fraction of sp³-hybridized carbons (Fsp3) is 0.188. The molecule has 3 nitrogen and oxygen atoms in total. The Kier molecular flexibility index (Phi) is 4.81. The first-order valence-corrected chi connectivity index (χ1v) is 7.22. The number of hydrogen-bond acceptors (Lipinski definition) is 3. The van der Waals surface area contributed by atoms with E-state index in [1.54, 1.807) is 6.07 Å². The Balaban J connectivity index is 2.19. The van der Waals surface area contributed by atoms with Crippen LogP contribution in [0.5, 0.6) is 5.75 Å². The number of ether oxygens (including phenoxy) is 1. The molecule has 0 bridgehead atoms. The van der Waals surface area contributed by atoms with Crippen molar-refractivity contribution in [1.29, 1.82) is 5.26 Å². The van der Waals surface area contributed by atoms with E-state index < -0.39 is 5.82 Å². The van der Waals surface area contributed by atoms with Gasteiger partial charge in [-0.2, -0.15) is 5.26 Å². The molecular formula is C16H14BrFN2O. The molecule has 1 N–H and O–H groups in total. The van der Waals surface area contributed by atoms with Crippen LogP contribution in [0.15, 0.2) is 40.9 Å². The Morgan fingerprint density at radius 2 is 1.86 bits per heavy atom. The highest BCUT2D eigenvalue weighted by molar-refractivity contribution is 9.10. The van der Waals surface area contributed by atoms with Crippen LogP contribution in [0.2, 0.25) is 0 Å². The highest BCUT2D eigenvalue weighted by Gasteiger charge is 2.11. The van der Waals surface area contributed by atoms with Gasteiger partial charge in [-0.25, -0.2) is 4.39 Å². The molecule has 0 amide bonds. The van der Waals surface area contributed by atoms with E-state index >= 15 is 0 Å². The highest BCUT2D eigenvalue weighted by atomic mass is 79.9. The number of rotatable bonds is 4. The summed E-state index contributed by atoms with van der Waals surface area (Å²) in [5, 5.41) is 11.8. The van der Waals surface area contributed by atoms with Crippen LogP contribution in [0, 0.1) is 17.1 Å². The van der Waals surface area contributed by atoms with Gasteiger partial charge in [0, 0.05) is 5.69 Å². The fourth-order valence-electron chi connectivity index (χ4n) is 1.78. The quantitative estimate of drug-likeness (QED) is 0.846. The largest absolute Gasteiger partial charge is 0.491 e. The summed E-state index contributed by atoms with van der Waals surface area (Å²) in [7, 11) is 0. The summed E-state index contributed by atoms with van der Waals surface area (Å²) in [6, 6.07) is 12.3. The molecule has 0 aliphatic heterocycles. The summed E-state index contributed by atoms with van der Waals surface area (Å²) in [5.74, 6) is 0.272. The normalized spacial score (nSPS) is 10.3. The molecule has 0 unspecified atom stereocenters. The SMILES string of the molecule is CC(C)Oc1ccc(Nc2ccc(C#N)c(Br)c2F)cc1. The highest BCUT2D eigenvalue weighted by Crippen LogP contribution is 2.29. The lowest BCUT2D eigenvalue weighted by molar-refractivity contribution is 0.242. The Hall–Kier alpha value is -2.06. The average Bonchev–Trinajstić information content (AvgIpc) is 2.45. The maximum atomic E-state index is 14.1. The molecule has 2 aromatic carbocycles. The minimum absolute atomic E-state index is 0.107. The van der Waals surface area contributed by atoms with Crippen LogP contribution in [-0.4, -0.2) is 6.10 Å². The van der Waals surface area contributed by atoms with Crippen molar-refractivity contribution in [1.82, 2.24) is 0 Å². The Bertz CT molecular complexity index is 678. The third kappa shape index (κ3) is 3.73. The topological polar surface area (TPSA) is 45.0 Å². The van der Waals surface area contributed by atoms with Gasteiger partial charge in [-0.15, -0.1) is 0 Å². The van der Waals surface area contributed by atoms with Gasteiger partial charge in [-0.1, -0.05) is 0 Å². The average molecular weight is 349 g/mol. The summed E-state index contributed by atoms with van der Waals surface area (Å²) < 4.78 is 19.8. The molecule has 0 spiro atoms. The molecule has 2 rings (SSSR count). The van der Waals surface area contributed by atoms with Crippen LogP contribution in [0.3, 0.4) is 0 Å². The molecule has 108 valence electrons. The number of benzene rings is 2. The molecule has 5 heteroatoms. The van der Waals surface area contributed by atoms with Crippen molar-refractivity contribution in [2.75, 3.05) is 5.32 Å². The molecule has 0 saturated heterocycles. The van der Waals surface area contributed by atoms with E-state index in [1.807, 2.05) is 44.2 Å². The predicted molar refractivity (Wildman–Crippen MR) is 84.3 cm³/mol. The monoisotopic (exact) mass is 348 g/mol. The van der Waals surface area contributed by atoms with Crippen LogP contribution >= 0.6 is 15.9 Å². The van der Waals surface area contributed by atoms with Crippen LogP contribution in [0.25, 0.3) is 0 Å². The molecule has 0 aliphatic rings. The zero-order valence-electron chi connectivity index (χ0n) is 11.7. The first-order valence-electron chi connectivity index (χ1n) is 6.43. The molecule has 0 aliphatic carbocycles. The number of nitriles is 1. The van der Waals surface area contributed by atoms with Crippen LogP contribution in [0.1, 0.15) is 19.4 Å². The zero-order valence-corrected chi connectivity index (χ0v) is 13.2. The van der Waals surface area contributed by atoms with Gasteiger partial charge >= 0.3 is 0 Å². The first kappa shape index (κ1) is 15.3. The molecule has 0 radical (unpaired) electrons. The Labute approximate surface area is 131 Å². The number of halogens is 2. The van der Waals surface area contributed by atoms with Crippen molar-refractivity contribution < 1.29 is 9.13 Å². The van der Waals surface area contributed by atoms with Gasteiger partial charge in [0.1, 0.15) is 11.8 Å².